The van der Waals surface area contributed by atoms with Crippen LogP contribution in [-0.2, 0) is 0 Å². The SMILES string of the molecule is Cc1ccc(C(Br)CCC2CCCC2)cc1C. The van der Waals surface area contributed by atoms with Crippen LogP contribution in [0.1, 0.15) is 60.0 Å². The summed E-state index contributed by atoms with van der Waals surface area (Å²) in [6, 6.07) is 6.86. The smallest absolute Gasteiger partial charge is 0.0395 e. The molecule has 0 aliphatic heterocycles. The maximum absolute atomic E-state index is 3.85. The van der Waals surface area contributed by atoms with Crippen molar-refractivity contribution in [2.45, 2.75) is 57.2 Å². The molecule has 0 spiro atoms. The van der Waals surface area contributed by atoms with Crippen LogP contribution >= 0.6 is 15.9 Å². The summed E-state index contributed by atoms with van der Waals surface area (Å²) < 4.78 is 0. The van der Waals surface area contributed by atoms with Gasteiger partial charge in [0, 0.05) is 4.83 Å². The molecule has 1 aromatic rings. The Kier molecular flexibility index (Phi) is 4.67. The Hall–Kier alpha value is -0.300. The van der Waals surface area contributed by atoms with Gasteiger partial charge in [0.1, 0.15) is 0 Å². The number of rotatable bonds is 4. The second-order valence-corrected chi connectivity index (χ2v) is 6.64. The van der Waals surface area contributed by atoms with Gasteiger partial charge in [0.2, 0.25) is 0 Å². The Labute approximate surface area is 114 Å². The van der Waals surface area contributed by atoms with Crippen molar-refractivity contribution in [3.63, 3.8) is 0 Å². The van der Waals surface area contributed by atoms with Gasteiger partial charge in [-0.3, -0.25) is 0 Å². The van der Waals surface area contributed by atoms with Crippen LogP contribution < -0.4 is 0 Å². The molecule has 1 heteroatoms. The molecule has 0 nitrogen and oxygen atoms in total. The third-order valence-electron chi connectivity index (χ3n) is 4.20. The minimum atomic E-state index is 0.544. The average molecular weight is 295 g/mol. The molecule has 1 fully saturated rings. The fourth-order valence-electron chi connectivity index (χ4n) is 2.81. The fourth-order valence-corrected chi connectivity index (χ4v) is 3.36. The third-order valence-corrected chi connectivity index (χ3v) is 5.18. The van der Waals surface area contributed by atoms with Gasteiger partial charge in [-0.2, -0.15) is 0 Å². The van der Waals surface area contributed by atoms with E-state index in [1.54, 1.807) is 0 Å². The van der Waals surface area contributed by atoms with E-state index in [1.807, 2.05) is 0 Å². The van der Waals surface area contributed by atoms with Crippen molar-refractivity contribution in [1.29, 1.82) is 0 Å². The Bertz CT molecular complexity index is 364. The monoisotopic (exact) mass is 294 g/mol. The molecule has 0 heterocycles. The van der Waals surface area contributed by atoms with E-state index in [4.69, 9.17) is 0 Å². The first-order valence-corrected chi connectivity index (χ1v) is 7.79. The van der Waals surface area contributed by atoms with Crippen molar-refractivity contribution < 1.29 is 0 Å². The van der Waals surface area contributed by atoms with E-state index in [0.717, 1.165) is 5.92 Å². The Balaban J connectivity index is 1.89. The van der Waals surface area contributed by atoms with Crippen molar-refractivity contribution in [2.24, 2.45) is 5.92 Å². The molecule has 0 amide bonds. The molecule has 0 bridgehead atoms. The van der Waals surface area contributed by atoms with Gasteiger partial charge < -0.3 is 0 Å². The molecule has 1 aliphatic rings. The van der Waals surface area contributed by atoms with Gasteiger partial charge in [-0.1, -0.05) is 59.8 Å². The fraction of sp³-hybridized carbons (Fsp3) is 0.625. The molecule has 17 heavy (non-hydrogen) atoms. The van der Waals surface area contributed by atoms with E-state index >= 15 is 0 Å². The maximum Gasteiger partial charge on any atom is 0.0395 e. The second kappa shape index (κ2) is 6.04. The van der Waals surface area contributed by atoms with E-state index in [0.29, 0.717) is 4.83 Å². The number of aryl methyl sites for hydroxylation is 2. The minimum absolute atomic E-state index is 0.544. The van der Waals surface area contributed by atoms with Crippen molar-refractivity contribution >= 4 is 15.9 Å². The van der Waals surface area contributed by atoms with Crippen LogP contribution in [0.15, 0.2) is 18.2 Å². The molecule has 94 valence electrons. The first-order valence-electron chi connectivity index (χ1n) is 6.88. The summed E-state index contributed by atoms with van der Waals surface area (Å²) in [6.07, 6.45) is 8.53. The van der Waals surface area contributed by atoms with Gasteiger partial charge in [0.15, 0.2) is 0 Å². The van der Waals surface area contributed by atoms with Crippen molar-refractivity contribution in [1.82, 2.24) is 0 Å². The zero-order chi connectivity index (χ0) is 12.3. The summed E-state index contributed by atoms with van der Waals surface area (Å²) in [5.41, 5.74) is 4.25. The lowest BCUT2D eigenvalue weighted by molar-refractivity contribution is 0.483. The zero-order valence-corrected chi connectivity index (χ0v) is 12.6. The highest BCUT2D eigenvalue weighted by Gasteiger charge is 2.17. The van der Waals surface area contributed by atoms with Gasteiger partial charge in [0.25, 0.3) is 0 Å². The minimum Gasteiger partial charge on any atom is -0.0839 e. The van der Waals surface area contributed by atoms with Crippen molar-refractivity contribution in [3.05, 3.63) is 34.9 Å². The van der Waals surface area contributed by atoms with Crippen LogP contribution in [-0.4, -0.2) is 0 Å². The second-order valence-electron chi connectivity index (χ2n) is 5.54. The van der Waals surface area contributed by atoms with E-state index in [-0.39, 0.29) is 0 Å². The van der Waals surface area contributed by atoms with Crippen molar-refractivity contribution in [3.8, 4) is 0 Å². The molecule has 0 radical (unpaired) electrons. The van der Waals surface area contributed by atoms with Crippen LogP contribution in [0.4, 0.5) is 0 Å². The lowest BCUT2D eigenvalue weighted by atomic mass is 9.97. The van der Waals surface area contributed by atoms with E-state index in [2.05, 4.69) is 48.0 Å². The van der Waals surface area contributed by atoms with Crippen LogP contribution in [0.5, 0.6) is 0 Å². The highest BCUT2D eigenvalue weighted by atomic mass is 79.9. The topological polar surface area (TPSA) is 0 Å². The van der Waals surface area contributed by atoms with Crippen molar-refractivity contribution in [2.75, 3.05) is 0 Å². The molecular weight excluding hydrogens is 272 g/mol. The number of hydrogen-bond acceptors (Lipinski definition) is 0. The molecular formula is C16H23Br. The molecule has 1 unspecified atom stereocenters. The highest BCUT2D eigenvalue weighted by molar-refractivity contribution is 9.09. The largest absolute Gasteiger partial charge is 0.0839 e. The maximum atomic E-state index is 3.85. The van der Waals surface area contributed by atoms with Crippen LogP contribution in [0, 0.1) is 19.8 Å². The van der Waals surface area contributed by atoms with Gasteiger partial charge >= 0.3 is 0 Å². The van der Waals surface area contributed by atoms with E-state index < -0.39 is 0 Å². The van der Waals surface area contributed by atoms with E-state index in [1.165, 1.54) is 55.2 Å². The summed E-state index contributed by atoms with van der Waals surface area (Å²) in [5.74, 6) is 1.00. The van der Waals surface area contributed by atoms with Crippen LogP contribution in [0.2, 0.25) is 0 Å². The molecule has 1 aliphatic carbocycles. The van der Waals surface area contributed by atoms with E-state index in [9.17, 15) is 0 Å². The molecule has 0 N–H and O–H groups in total. The zero-order valence-electron chi connectivity index (χ0n) is 11.0. The number of halogens is 1. The number of benzene rings is 1. The quantitative estimate of drug-likeness (QED) is 0.624. The van der Waals surface area contributed by atoms with Gasteiger partial charge in [-0.15, -0.1) is 0 Å². The van der Waals surface area contributed by atoms with Gasteiger partial charge in [-0.25, -0.2) is 0 Å². The standard InChI is InChI=1S/C16H23Br/c1-12-7-9-15(11-13(12)2)16(17)10-8-14-5-3-4-6-14/h7,9,11,14,16H,3-6,8,10H2,1-2H3. The lowest BCUT2D eigenvalue weighted by Gasteiger charge is -2.14. The first kappa shape index (κ1) is 13.1. The molecule has 1 aromatic carbocycles. The summed E-state index contributed by atoms with van der Waals surface area (Å²) in [5, 5.41) is 0. The summed E-state index contributed by atoms with van der Waals surface area (Å²) in [6.45, 7) is 4.39. The average Bonchev–Trinajstić information content (AvgIpc) is 2.82. The summed E-state index contributed by atoms with van der Waals surface area (Å²) >= 11 is 3.85. The highest BCUT2D eigenvalue weighted by Crippen LogP contribution is 2.35. The summed E-state index contributed by atoms with van der Waals surface area (Å²) in [7, 11) is 0. The van der Waals surface area contributed by atoms with Crippen LogP contribution in [0.25, 0.3) is 0 Å². The third kappa shape index (κ3) is 3.58. The molecule has 1 saturated carbocycles. The predicted molar refractivity (Wildman–Crippen MR) is 78.8 cm³/mol. The molecule has 2 rings (SSSR count). The number of alkyl halides is 1. The number of hydrogen-bond donors (Lipinski definition) is 0. The normalized spacial score (nSPS) is 18.5. The lowest BCUT2D eigenvalue weighted by Crippen LogP contribution is -1.98. The van der Waals surface area contributed by atoms with Gasteiger partial charge in [0.05, 0.1) is 0 Å². The Morgan fingerprint density at radius 2 is 1.88 bits per heavy atom. The Morgan fingerprint density at radius 1 is 1.18 bits per heavy atom. The van der Waals surface area contributed by atoms with Crippen LogP contribution in [0.3, 0.4) is 0 Å². The van der Waals surface area contributed by atoms with Gasteiger partial charge in [-0.05, 0) is 49.3 Å². The molecule has 0 aromatic heterocycles. The summed E-state index contributed by atoms with van der Waals surface area (Å²) in [4.78, 5) is 0.544. The first-order chi connectivity index (χ1) is 8.16. The Morgan fingerprint density at radius 3 is 2.53 bits per heavy atom. The molecule has 0 saturated heterocycles. The molecule has 1 atom stereocenters. The predicted octanol–water partition coefficient (Wildman–Crippen LogP) is 5.71.